The van der Waals surface area contributed by atoms with Crippen LogP contribution >= 0.6 is 23.2 Å². The van der Waals surface area contributed by atoms with Crippen LogP contribution in [0.1, 0.15) is 45.1 Å². The molecular weight excluding hydrogens is 389 g/mol. The van der Waals surface area contributed by atoms with Gasteiger partial charge in [-0.3, -0.25) is 0 Å². The van der Waals surface area contributed by atoms with Gasteiger partial charge in [-0.15, -0.1) is 0 Å². The molecule has 0 saturated heterocycles. The maximum Gasteiger partial charge on any atom is 0.0776 e. The summed E-state index contributed by atoms with van der Waals surface area (Å²) in [5.41, 5.74) is 4.15. The Morgan fingerprint density at radius 1 is 0.889 bits per heavy atom. The van der Waals surface area contributed by atoms with Crippen molar-refractivity contribution < 1.29 is 0 Å². The predicted octanol–water partition coefficient (Wildman–Crippen LogP) is 7.28. The summed E-state index contributed by atoms with van der Waals surface area (Å²) in [6.07, 6.45) is 4.99. The number of benzene rings is 2. The summed E-state index contributed by atoms with van der Waals surface area (Å²) >= 11 is 12.8. The minimum Gasteiger partial charge on any atom is -0.334 e. The fourth-order valence-electron chi connectivity index (χ4n) is 5.27. The highest BCUT2D eigenvalue weighted by Crippen LogP contribution is 2.60. The number of rotatable bonds is 2. The highest BCUT2D eigenvalue weighted by atomic mass is 35.5. The van der Waals surface area contributed by atoms with E-state index in [0.717, 1.165) is 5.69 Å². The van der Waals surface area contributed by atoms with E-state index in [1.807, 2.05) is 6.07 Å². The van der Waals surface area contributed by atoms with E-state index < -0.39 is 8.07 Å². The summed E-state index contributed by atoms with van der Waals surface area (Å²) in [5.74, 6) is 0. The van der Waals surface area contributed by atoms with Crippen molar-refractivity contribution >= 4 is 47.8 Å². The van der Waals surface area contributed by atoms with Gasteiger partial charge >= 0.3 is 0 Å². The molecule has 2 aliphatic rings. The summed E-state index contributed by atoms with van der Waals surface area (Å²) in [7, 11) is -1.37. The van der Waals surface area contributed by atoms with Crippen LogP contribution in [0.5, 0.6) is 0 Å². The third-order valence-corrected chi connectivity index (χ3v) is 9.56. The first-order valence-corrected chi connectivity index (χ1v) is 14.2. The van der Waals surface area contributed by atoms with E-state index in [4.69, 9.17) is 23.2 Å². The molecule has 1 nitrogen and oxygen atoms in total. The highest BCUT2D eigenvalue weighted by Gasteiger charge is 2.57. The number of nitrogens with zero attached hydrogens (tertiary/aromatic N) is 1. The summed E-state index contributed by atoms with van der Waals surface area (Å²) in [5, 5.41) is 2.94. The van der Waals surface area contributed by atoms with Gasteiger partial charge in [0, 0.05) is 26.8 Å². The van der Waals surface area contributed by atoms with Gasteiger partial charge in [-0.25, -0.2) is 0 Å². The molecule has 0 aromatic heterocycles. The van der Waals surface area contributed by atoms with Gasteiger partial charge < -0.3 is 4.90 Å². The monoisotopic (exact) mass is 417 g/mol. The third kappa shape index (κ3) is 2.87. The van der Waals surface area contributed by atoms with Crippen molar-refractivity contribution in [1.29, 1.82) is 0 Å². The second-order valence-corrected chi connectivity index (χ2v) is 15.7. The van der Waals surface area contributed by atoms with E-state index in [9.17, 15) is 0 Å². The van der Waals surface area contributed by atoms with Gasteiger partial charge in [0.05, 0.1) is 13.6 Å². The molecule has 4 heteroatoms. The molecule has 2 atom stereocenters. The van der Waals surface area contributed by atoms with E-state index in [1.54, 1.807) is 5.19 Å². The van der Waals surface area contributed by atoms with Crippen molar-refractivity contribution in [1.82, 2.24) is 0 Å². The molecule has 1 aliphatic carbocycles. The molecule has 0 spiro atoms. The van der Waals surface area contributed by atoms with Crippen LogP contribution in [0.3, 0.4) is 0 Å². The first-order chi connectivity index (χ1) is 12.6. The minimum atomic E-state index is -1.37. The lowest BCUT2D eigenvalue weighted by molar-refractivity contribution is 0.195. The molecule has 1 heterocycles. The Kier molecular flexibility index (Phi) is 4.49. The van der Waals surface area contributed by atoms with Gasteiger partial charge in [-0.1, -0.05) is 79.9 Å². The number of fused-ring (bicyclic) bond motifs is 3. The van der Waals surface area contributed by atoms with Gasteiger partial charge in [0.1, 0.15) is 0 Å². The van der Waals surface area contributed by atoms with Crippen LogP contribution in [-0.2, 0) is 5.41 Å². The molecule has 2 aromatic carbocycles. The fraction of sp³-hybridized carbons (Fsp3) is 0.478. The largest absolute Gasteiger partial charge is 0.334 e. The molecule has 1 aliphatic heterocycles. The number of halogens is 2. The predicted molar refractivity (Wildman–Crippen MR) is 122 cm³/mol. The lowest BCUT2D eigenvalue weighted by atomic mass is 9.61. The van der Waals surface area contributed by atoms with Crippen molar-refractivity contribution in [3.05, 3.63) is 52.0 Å². The highest BCUT2D eigenvalue weighted by molar-refractivity contribution is 6.88. The third-order valence-electron chi connectivity index (χ3n) is 7.08. The van der Waals surface area contributed by atoms with Gasteiger partial charge in [0.15, 0.2) is 0 Å². The molecular formula is C23H29Cl2NSi. The topological polar surface area (TPSA) is 3.24 Å². The zero-order valence-electron chi connectivity index (χ0n) is 17.0. The van der Waals surface area contributed by atoms with E-state index >= 15 is 0 Å². The molecule has 1 fully saturated rings. The molecule has 0 bridgehead atoms. The van der Waals surface area contributed by atoms with E-state index in [0.29, 0.717) is 10.0 Å². The Morgan fingerprint density at radius 2 is 1.52 bits per heavy atom. The number of hydrogen-bond donors (Lipinski definition) is 0. The van der Waals surface area contributed by atoms with Gasteiger partial charge in [-0.05, 0) is 49.6 Å². The van der Waals surface area contributed by atoms with Gasteiger partial charge in [0.2, 0.25) is 0 Å². The maximum atomic E-state index is 6.39. The minimum absolute atomic E-state index is 0.0413. The lowest BCUT2D eigenvalue weighted by Gasteiger charge is -2.50. The standard InChI is InChI=1S/C23H29Cl2NSi/c1-22-10-6-7-11-23(22,2)26(18-13-16(24)12-17(25)14-18)21-9-8-19(15-20(21)22)27(3,4)5/h8-9,12-15H,6-7,10-11H2,1-5H3. The van der Waals surface area contributed by atoms with Crippen molar-refractivity contribution in [2.75, 3.05) is 4.90 Å². The smallest absolute Gasteiger partial charge is 0.0776 e. The van der Waals surface area contributed by atoms with Crippen LogP contribution in [0.25, 0.3) is 0 Å². The fourth-order valence-corrected chi connectivity index (χ4v) is 6.95. The summed E-state index contributed by atoms with van der Waals surface area (Å²) in [6, 6.07) is 13.2. The van der Waals surface area contributed by atoms with E-state index in [1.165, 1.54) is 36.9 Å². The Balaban J connectivity index is 1.98. The summed E-state index contributed by atoms with van der Waals surface area (Å²) in [4.78, 5) is 2.53. The molecule has 4 rings (SSSR count). The quantitative estimate of drug-likeness (QED) is 0.463. The van der Waals surface area contributed by atoms with Gasteiger partial charge in [0.25, 0.3) is 0 Å². The van der Waals surface area contributed by atoms with Crippen molar-refractivity contribution in [3.63, 3.8) is 0 Å². The molecule has 144 valence electrons. The Morgan fingerprint density at radius 3 is 2.15 bits per heavy atom. The normalized spacial score (nSPS) is 27.4. The van der Waals surface area contributed by atoms with Crippen LogP contribution in [0, 0.1) is 0 Å². The zero-order chi connectivity index (χ0) is 19.6. The van der Waals surface area contributed by atoms with Crippen molar-refractivity contribution in [2.45, 2.75) is 70.1 Å². The average Bonchev–Trinajstić information content (AvgIpc) is 2.77. The first-order valence-electron chi connectivity index (χ1n) is 9.98. The first kappa shape index (κ1) is 19.4. The molecule has 0 amide bonds. The number of hydrogen-bond acceptors (Lipinski definition) is 1. The van der Waals surface area contributed by atoms with Crippen molar-refractivity contribution in [3.8, 4) is 0 Å². The van der Waals surface area contributed by atoms with Crippen LogP contribution in [0.2, 0.25) is 29.7 Å². The maximum absolute atomic E-state index is 6.39. The summed E-state index contributed by atoms with van der Waals surface area (Å²) in [6.45, 7) is 12.2. The Hall–Kier alpha value is -0.963. The molecule has 2 unspecified atom stereocenters. The van der Waals surface area contributed by atoms with E-state index in [-0.39, 0.29) is 11.0 Å². The van der Waals surface area contributed by atoms with E-state index in [2.05, 4.69) is 68.7 Å². The lowest BCUT2D eigenvalue weighted by Crippen LogP contribution is -2.54. The molecule has 27 heavy (non-hydrogen) atoms. The SMILES string of the molecule is CC12CCCCC1(C)N(c1cc(Cl)cc(Cl)c1)c1ccc([Si](C)(C)C)cc12. The second kappa shape index (κ2) is 6.27. The second-order valence-electron chi connectivity index (χ2n) is 9.76. The van der Waals surface area contributed by atoms with Crippen LogP contribution in [0.4, 0.5) is 11.4 Å². The Bertz CT molecular complexity index is 883. The molecule has 2 aromatic rings. The number of anilines is 2. The Labute approximate surface area is 174 Å². The van der Waals surface area contributed by atoms with Crippen LogP contribution < -0.4 is 10.1 Å². The molecule has 1 saturated carbocycles. The van der Waals surface area contributed by atoms with Crippen LogP contribution in [-0.4, -0.2) is 13.6 Å². The summed E-state index contributed by atoms with van der Waals surface area (Å²) < 4.78 is 0. The van der Waals surface area contributed by atoms with Crippen LogP contribution in [0.15, 0.2) is 36.4 Å². The molecule has 0 N–H and O–H groups in total. The molecule has 0 radical (unpaired) electrons. The van der Waals surface area contributed by atoms with Gasteiger partial charge in [-0.2, -0.15) is 0 Å². The zero-order valence-corrected chi connectivity index (χ0v) is 19.5. The average molecular weight is 418 g/mol. The van der Waals surface area contributed by atoms with Crippen molar-refractivity contribution in [2.24, 2.45) is 0 Å².